The van der Waals surface area contributed by atoms with E-state index in [1.165, 1.54) is 28.8 Å². The van der Waals surface area contributed by atoms with Crippen LogP contribution in [0.4, 0.5) is 5.69 Å². The van der Waals surface area contributed by atoms with Gasteiger partial charge in [-0.1, -0.05) is 11.6 Å². The minimum atomic E-state index is -0.533. The molecule has 0 fully saturated rings. The Morgan fingerprint density at radius 2 is 1.91 bits per heavy atom. The zero-order valence-electron chi connectivity index (χ0n) is 10.9. The zero-order valence-corrected chi connectivity index (χ0v) is 12.4. The van der Waals surface area contributed by atoms with Crippen molar-refractivity contribution in [3.63, 3.8) is 0 Å². The quantitative estimate of drug-likeness (QED) is 0.398. The average molecular weight is 335 g/mol. The second-order valence-electron chi connectivity index (χ2n) is 4.42. The number of aromatic nitrogens is 1. The Morgan fingerprint density at radius 1 is 1.23 bits per heavy atom. The maximum atomic E-state index is 12.5. The summed E-state index contributed by atoms with van der Waals surface area (Å²) in [5.74, 6) is -0.430. The summed E-state index contributed by atoms with van der Waals surface area (Å²) in [6.45, 7) is 0. The summed E-state index contributed by atoms with van der Waals surface area (Å²) in [6.07, 6.45) is 0. The van der Waals surface area contributed by atoms with Crippen LogP contribution in [-0.2, 0) is 0 Å². The lowest BCUT2D eigenvalue weighted by Gasteiger charge is -2.02. The maximum Gasteiger partial charge on any atom is 0.276 e. The fourth-order valence-corrected chi connectivity index (χ4v) is 2.47. The summed E-state index contributed by atoms with van der Waals surface area (Å²) in [5.41, 5.74) is 1.05. The lowest BCUT2D eigenvalue weighted by molar-refractivity contribution is -0.384. The van der Waals surface area contributed by atoms with E-state index in [-0.39, 0.29) is 16.1 Å². The van der Waals surface area contributed by atoms with E-state index in [2.05, 4.69) is 0 Å². The number of hydrogen-bond donors (Lipinski definition) is 0. The van der Waals surface area contributed by atoms with Gasteiger partial charge in [0.25, 0.3) is 16.4 Å². The normalized spacial score (nSPS) is 10.8. The molecule has 110 valence electrons. The van der Waals surface area contributed by atoms with Crippen LogP contribution in [0.3, 0.4) is 0 Å². The van der Waals surface area contributed by atoms with E-state index in [1.807, 2.05) is 0 Å². The smallest absolute Gasteiger partial charge is 0.276 e. The van der Waals surface area contributed by atoms with E-state index in [4.69, 9.17) is 28.2 Å². The predicted octanol–water partition coefficient (Wildman–Crippen LogP) is 4.21. The highest BCUT2D eigenvalue weighted by molar-refractivity contribution is 7.71. The molecule has 6 nitrogen and oxygen atoms in total. The van der Waals surface area contributed by atoms with Gasteiger partial charge in [-0.25, -0.2) is 4.57 Å². The fourth-order valence-electron chi connectivity index (χ4n) is 2.04. The van der Waals surface area contributed by atoms with Crippen molar-refractivity contribution in [3.8, 4) is 0 Å². The molecule has 0 aliphatic carbocycles. The largest absolute Gasteiger partial charge is 0.429 e. The number of non-ortho nitro benzene ring substituents is 1. The molecule has 2 aromatic carbocycles. The molecule has 0 atom stereocenters. The van der Waals surface area contributed by atoms with Gasteiger partial charge in [-0.3, -0.25) is 14.9 Å². The molecule has 0 aliphatic rings. The first-order valence-corrected chi connectivity index (χ1v) is 6.86. The first-order chi connectivity index (χ1) is 10.5. The second kappa shape index (κ2) is 5.36. The Balaban J connectivity index is 2.11. The molecule has 0 unspecified atom stereocenters. The number of nitro benzene ring substituents is 1. The number of nitrogens with zero attached hydrogens (tertiary/aromatic N) is 2. The van der Waals surface area contributed by atoms with Crippen LogP contribution < -0.4 is 0 Å². The van der Waals surface area contributed by atoms with Crippen LogP contribution in [0, 0.1) is 15.0 Å². The molecule has 0 saturated carbocycles. The zero-order chi connectivity index (χ0) is 15.9. The van der Waals surface area contributed by atoms with Crippen molar-refractivity contribution in [1.82, 2.24) is 4.57 Å². The molecular weight excluding hydrogens is 328 g/mol. The summed E-state index contributed by atoms with van der Waals surface area (Å²) in [7, 11) is 0. The van der Waals surface area contributed by atoms with Gasteiger partial charge in [-0.05, 0) is 36.5 Å². The van der Waals surface area contributed by atoms with E-state index in [0.717, 1.165) is 0 Å². The molecular formula is C14H7ClN2O4S. The third kappa shape index (κ3) is 2.40. The second-order valence-corrected chi connectivity index (χ2v) is 5.21. The predicted molar refractivity (Wildman–Crippen MR) is 82.9 cm³/mol. The molecule has 1 heterocycles. The number of carbonyl (C=O) groups is 1. The number of carbonyl (C=O) groups excluding carboxylic acids is 1. The molecule has 0 amide bonds. The molecule has 0 aliphatic heterocycles. The number of benzene rings is 2. The standard InChI is InChI=1S/C14H7ClN2O4S/c15-9-3-6-11-12(7-9)21-14(22)16(11)13(18)8-1-4-10(5-2-8)17(19)20/h1-7H. The Labute approximate surface area is 133 Å². The molecule has 3 aromatic rings. The summed E-state index contributed by atoms with van der Waals surface area (Å²) in [4.78, 5) is 22.6. The minimum Gasteiger partial charge on any atom is -0.429 e. The van der Waals surface area contributed by atoms with Crippen molar-refractivity contribution in [2.45, 2.75) is 0 Å². The maximum absolute atomic E-state index is 12.5. The summed E-state index contributed by atoms with van der Waals surface area (Å²) in [6, 6.07) is 10.1. The van der Waals surface area contributed by atoms with Gasteiger partial charge in [0.05, 0.1) is 10.4 Å². The molecule has 8 heteroatoms. The summed E-state index contributed by atoms with van der Waals surface area (Å²) in [5, 5.41) is 11.1. The molecule has 3 rings (SSSR count). The topological polar surface area (TPSA) is 78.3 Å². The lowest BCUT2D eigenvalue weighted by atomic mass is 10.2. The Bertz CT molecular complexity index is 959. The van der Waals surface area contributed by atoms with E-state index in [0.29, 0.717) is 16.1 Å². The van der Waals surface area contributed by atoms with Crippen LogP contribution in [-0.4, -0.2) is 15.4 Å². The van der Waals surface area contributed by atoms with E-state index < -0.39 is 10.8 Å². The van der Waals surface area contributed by atoms with Gasteiger partial charge in [0.1, 0.15) is 0 Å². The van der Waals surface area contributed by atoms with Gasteiger partial charge < -0.3 is 4.42 Å². The van der Waals surface area contributed by atoms with Gasteiger partial charge in [-0.2, -0.15) is 0 Å². The first-order valence-electron chi connectivity index (χ1n) is 6.07. The van der Waals surface area contributed by atoms with Gasteiger partial charge in [0.2, 0.25) is 0 Å². The number of rotatable bonds is 2. The van der Waals surface area contributed by atoms with Crippen LogP contribution in [0.5, 0.6) is 0 Å². The van der Waals surface area contributed by atoms with Crippen LogP contribution in [0.15, 0.2) is 46.9 Å². The minimum absolute atomic E-state index is 0.0133. The highest BCUT2D eigenvalue weighted by atomic mass is 35.5. The third-order valence-electron chi connectivity index (χ3n) is 3.07. The molecule has 22 heavy (non-hydrogen) atoms. The van der Waals surface area contributed by atoms with E-state index in [1.54, 1.807) is 18.2 Å². The Morgan fingerprint density at radius 3 is 2.55 bits per heavy atom. The van der Waals surface area contributed by atoms with Crippen molar-refractivity contribution in [3.05, 3.63) is 68.0 Å². The number of halogens is 1. The van der Waals surface area contributed by atoms with Crippen molar-refractivity contribution in [2.75, 3.05) is 0 Å². The van der Waals surface area contributed by atoms with E-state index >= 15 is 0 Å². The van der Waals surface area contributed by atoms with Gasteiger partial charge >= 0.3 is 0 Å². The van der Waals surface area contributed by atoms with E-state index in [9.17, 15) is 14.9 Å². The van der Waals surface area contributed by atoms with Crippen molar-refractivity contribution in [2.24, 2.45) is 0 Å². The average Bonchev–Trinajstić information content (AvgIpc) is 2.81. The van der Waals surface area contributed by atoms with Crippen molar-refractivity contribution < 1.29 is 14.1 Å². The number of oxazole rings is 1. The Hall–Kier alpha value is -2.51. The van der Waals surface area contributed by atoms with Crippen LogP contribution >= 0.6 is 23.8 Å². The number of nitro groups is 1. The molecule has 0 saturated heterocycles. The van der Waals surface area contributed by atoms with Crippen LogP contribution in [0.1, 0.15) is 10.4 Å². The summed E-state index contributed by atoms with van der Waals surface area (Å²) >= 11 is 10.9. The number of fused-ring (bicyclic) bond motifs is 1. The van der Waals surface area contributed by atoms with Crippen molar-refractivity contribution >= 4 is 46.5 Å². The molecule has 0 bridgehead atoms. The third-order valence-corrected chi connectivity index (χ3v) is 3.57. The number of hydrogen-bond acceptors (Lipinski definition) is 5. The summed E-state index contributed by atoms with van der Waals surface area (Å²) < 4.78 is 6.57. The van der Waals surface area contributed by atoms with Gasteiger partial charge in [0, 0.05) is 28.8 Å². The SMILES string of the molecule is O=C(c1ccc([N+](=O)[O-])cc1)n1c(=S)oc2cc(Cl)ccc21. The molecule has 0 N–H and O–H groups in total. The van der Waals surface area contributed by atoms with Crippen LogP contribution in [0.2, 0.25) is 5.02 Å². The van der Waals surface area contributed by atoms with Crippen molar-refractivity contribution in [1.29, 1.82) is 0 Å². The fraction of sp³-hybridized carbons (Fsp3) is 0. The molecule has 1 aromatic heterocycles. The highest BCUT2D eigenvalue weighted by Crippen LogP contribution is 2.23. The first kappa shape index (κ1) is 14.4. The highest BCUT2D eigenvalue weighted by Gasteiger charge is 2.17. The molecule has 0 radical (unpaired) electrons. The van der Waals surface area contributed by atoms with Gasteiger partial charge in [-0.15, -0.1) is 0 Å². The Kier molecular flexibility index (Phi) is 3.51. The lowest BCUT2D eigenvalue weighted by Crippen LogP contribution is -2.11. The van der Waals surface area contributed by atoms with Crippen LogP contribution in [0.25, 0.3) is 11.1 Å². The van der Waals surface area contributed by atoms with Gasteiger partial charge in [0.15, 0.2) is 5.58 Å². The molecule has 0 spiro atoms. The monoisotopic (exact) mass is 334 g/mol.